The van der Waals surface area contributed by atoms with Crippen molar-refractivity contribution in [2.75, 3.05) is 0 Å². The first-order valence-electron chi connectivity index (χ1n) is 6.87. The molecule has 0 spiro atoms. The molecule has 0 saturated heterocycles. The zero-order valence-electron chi connectivity index (χ0n) is 12.2. The van der Waals surface area contributed by atoms with Gasteiger partial charge in [0, 0.05) is 22.3 Å². The molecule has 0 aliphatic rings. The molecule has 2 aromatic carbocycles. The highest BCUT2D eigenvalue weighted by Gasteiger charge is 2.23. The molecule has 0 amide bonds. The van der Waals surface area contributed by atoms with Gasteiger partial charge in [-0.05, 0) is 36.4 Å². The Morgan fingerprint density at radius 2 is 1.79 bits per heavy atom. The molecule has 0 N–H and O–H groups in total. The number of aromatic nitrogens is 1. The number of benzene rings is 2. The average molecular weight is 364 g/mol. The highest BCUT2D eigenvalue weighted by Crippen LogP contribution is 2.29. The Morgan fingerprint density at radius 3 is 2.46 bits per heavy atom. The van der Waals surface area contributed by atoms with E-state index in [2.05, 4.69) is 0 Å². The maximum absolute atomic E-state index is 14.1. The molecule has 0 bridgehead atoms. The van der Waals surface area contributed by atoms with Gasteiger partial charge in [0.15, 0.2) is 6.29 Å². The second-order valence-electron chi connectivity index (χ2n) is 5.01. The summed E-state index contributed by atoms with van der Waals surface area (Å²) in [5.74, 6) is -0.587. The van der Waals surface area contributed by atoms with E-state index in [-0.39, 0.29) is 26.7 Å². The van der Waals surface area contributed by atoms with E-state index < -0.39 is 15.8 Å². The maximum Gasteiger partial charge on any atom is 0.268 e. The molecule has 0 radical (unpaired) electrons. The molecule has 0 aliphatic heterocycles. The van der Waals surface area contributed by atoms with Gasteiger partial charge in [0.2, 0.25) is 0 Å². The van der Waals surface area contributed by atoms with Crippen molar-refractivity contribution in [3.05, 3.63) is 77.2 Å². The van der Waals surface area contributed by atoms with Crippen LogP contribution in [0.1, 0.15) is 10.4 Å². The van der Waals surface area contributed by atoms with Crippen LogP contribution in [-0.4, -0.2) is 18.7 Å². The Kier molecular flexibility index (Phi) is 4.26. The van der Waals surface area contributed by atoms with Crippen LogP contribution >= 0.6 is 11.6 Å². The van der Waals surface area contributed by atoms with Gasteiger partial charge in [0.25, 0.3) is 10.0 Å². The maximum atomic E-state index is 14.1. The van der Waals surface area contributed by atoms with Gasteiger partial charge >= 0.3 is 0 Å². The lowest BCUT2D eigenvalue weighted by Gasteiger charge is -2.11. The van der Waals surface area contributed by atoms with Crippen molar-refractivity contribution in [2.45, 2.75) is 4.90 Å². The molecule has 1 aromatic heterocycles. The lowest BCUT2D eigenvalue weighted by molar-refractivity contribution is 0.112. The minimum Gasteiger partial charge on any atom is -0.298 e. The third kappa shape index (κ3) is 2.86. The summed E-state index contributed by atoms with van der Waals surface area (Å²) in [7, 11) is -4.04. The number of aldehydes is 1. The van der Waals surface area contributed by atoms with Gasteiger partial charge in [0.05, 0.1) is 10.6 Å². The van der Waals surface area contributed by atoms with Gasteiger partial charge in [-0.2, -0.15) is 0 Å². The molecule has 7 heteroatoms. The number of carbonyl (C=O) groups excluding carboxylic acids is 1. The minimum absolute atomic E-state index is 0.0550. The molecule has 0 fully saturated rings. The predicted octanol–water partition coefficient (Wildman–Crippen LogP) is 4.00. The third-order valence-electron chi connectivity index (χ3n) is 3.45. The largest absolute Gasteiger partial charge is 0.298 e. The number of halogens is 2. The van der Waals surface area contributed by atoms with Crippen LogP contribution in [0.2, 0.25) is 5.02 Å². The molecule has 4 nitrogen and oxygen atoms in total. The molecule has 3 aromatic rings. The summed E-state index contributed by atoms with van der Waals surface area (Å²) in [5.41, 5.74) is 0.269. The third-order valence-corrected chi connectivity index (χ3v) is 5.35. The number of hydrogen-bond donors (Lipinski definition) is 0. The van der Waals surface area contributed by atoms with Crippen LogP contribution < -0.4 is 0 Å². The molecular formula is C17H11ClFNO3S. The lowest BCUT2D eigenvalue weighted by atomic mass is 10.1. The highest BCUT2D eigenvalue weighted by molar-refractivity contribution is 7.90. The molecule has 0 unspecified atom stereocenters. The van der Waals surface area contributed by atoms with Crippen LogP contribution in [0.3, 0.4) is 0 Å². The second-order valence-corrected chi connectivity index (χ2v) is 7.27. The smallest absolute Gasteiger partial charge is 0.268 e. The van der Waals surface area contributed by atoms with Crippen molar-refractivity contribution < 1.29 is 17.6 Å². The molecule has 0 saturated carbocycles. The van der Waals surface area contributed by atoms with E-state index in [1.807, 2.05) is 0 Å². The fraction of sp³-hybridized carbons (Fsp3) is 0. The Hall–Kier alpha value is -2.44. The first-order valence-corrected chi connectivity index (χ1v) is 8.69. The zero-order valence-corrected chi connectivity index (χ0v) is 13.8. The van der Waals surface area contributed by atoms with Gasteiger partial charge in [-0.1, -0.05) is 29.8 Å². The number of nitrogens with zero attached hydrogens (tertiary/aromatic N) is 1. The molecule has 122 valence electrons. The Bertz CT molecular complexity index is 1030. The van der Waals surface area contributed by atoms with Gasteiger partial charge in [-0.3, -0.25) is 4.79 Å². The van der Waals surface area contributed by atoms with E-state index in [1.54, 1.807) is 12.1 Å². The average Bonchev–Trinajstić information content (AvgIpc) is 3.00. The Labute approximate surface area is 143 Å². The number of carbonyl (C=O) groups is 1. The van der Waals surface area contributed by atoms with E-state index in [4.69, 9.17) is 11.6 Å². The summed E-state index contributed by atoms with van der Waals surface area (Å²) >= 11 is 5.86. The summed E-state index contributed by atoms with van der Waals surface area (Å²) in [5, 5.41) is 0.256. The van der Waals surface area contributed by atoms with Crippen LogP contribution in [0, 0.1) is 5.82 Å². The molecule has 1 heterocycles. The second kappa shape index (κ2) is 6.22. The zero-order chi connectivity index (χ0) is 17.3. The van der Waals surface area contributed by atoms with Crippen molar-refractivity contribution in [1.82, 2.24) is 3.97 Å². The topological polar surface area (TPSA) is 56.1 Å². The predicted molar refractivity (Wildman–Crippen MR) is 89.2 cm³/mol. The van der Waals surface area contributed by atoms with Crippen molar-refractivity contribution in [3.8, 4) is 11.3 Å². The van der Waals surface area contributed by atoms with E-state index in [0.717, 1.165) is 10.2 Å². The van der Waals surface area contributed by atoms with Crippen LogP contribution in [0.4, 0.5) is 4.39 Å². The number of hydrogen-bond acceptors (Lipinski definition) is 3. The summed E-state index contributed by atoms with van der Waals surface area (Å²) in [6.07, 6.45) is 1.67. The van der Waals surface area contributed by atoms with Crippen molar-refractivity contribution >= 4 is 27.9 Å². The van der Waals surface area contributed by atoms with Gasteiger partial charge < -0.3 is 0 Å². The fourth-order valence-corrected chi connectivity index (χ4v) is 4.01. The molecular weight excluding hydrogens is 353 g/mol. The van der Waals surface area contributed by atoms with E-state index >= 15 is 0 Å². The van der Waals surface area contributed by atoms with Crippen LogP contribution in [-0.2, 0) is 10.0 Å². The van der Waals surface area contributed by atoms with Crippen molar-refractivity contribution in [1.29, 1.82) is 0 Å². The summed E-state index contributed by atoms with van der Waals surface area (Å²) < 4.78 is 40.8. The molecule has 3 rings (SSSR count). The molecule has 0 atom stereocenters. The number of rotatable bonds is 4. The van der Waals surface area contributed by atoms with E-state index in [0.29, 0.717) is 6.29 Å². The monoisotopic (exact) mass is 363 g/mol. The van der Waals surface area contributed by atoms with Crippen molar-refractivity contribution in [2.24, 2.45) is 0 Å². The lowest BCUT2D eigenvalue weighted by Crippen LogP contribution is -2.13. The highest BCUT2D eigenvalue weighted by atomic mass is 35.5. The fourth-order valence-electron chi connectivity index (χ4n) is 2.33. The van der Waals surface area contributed by atoms with E-state index in [1.165, 1.54) is 42.5 Å². The van der Waals surface area contributed by atoms with Gasteiger partial charge in [0.1, 0.15) is 5.82 Å². The van der Waals surface area contributed by atoms with Crippen molar-refractivity contribution in [3.63, 3.8) is 0 Å². The van der Waals surface area contributed by atoms with Gasteiger partial charge in [-0.15, -0.1) is 0 Å². The quantitative estimate of drug-likeness (QED) is 0.658. The Morgan fingerprint density at radius 1 is 1.04 bits per heavy atom. The van der Waals surface area contributed by atoms with Crippen LogP contribution in [0.5, 0.6) is 0 Å². The van der Waals surface area contributed by atoms with Crippen LogP contribution in [0.15, 0.2) is 65.7 Å². The first-order chi connectivity index (χ1) is 11.4. The normalized spacial score (nSPS) is 11.4. The summed E-state index contributed by atoms with van der Waals surface area (Å²) in [6, 6.07) is 12.8. The summed E-state index contributed by atoms with van der Waals surface area (Å²) in [6.45, 7) is 0. The van der Waals surface area contributed by atoms with E-state index in [9.17, 15) is 17.6 Å². The molecule has 0 aliphatic carbocycles. The summed E-state index contributed by atoms with van der Waals surface area (Å²) in [4.78, 5) is 11.0. The minimum atomic E-state index is -4.04. The van der Waals surface area contributed by atoms with Gasteiger partial charge in [-0.25, -0.2) is 16.8 Å². The van der Waals surface area contributed by atoms with Crippen LogP contribution in [0.25, 0.3) is 11.3 Å². The SMILES string of the molecule is O=Cc1cc(-c2ccccc2F)n(S(=O)(=O)c2cccc(Cl)c2)c1. The first kappa shape index (κ1) is 16.4. The standard InChI is InChI=1S/C17H11ClFNO3S/c18-13-4-3-5-14(9-13)24(22,23)20-10-12(11-21)8-17(20)15-6-1-2-7-16(15)19/h1-11H. The molecule has 24 heavy (non-hydrogen) atoms. The Balaban J connectivity index is 2.27.